The molecule has 0 amide bonds. The van der Waals surface area contributed by atoms with E-state index >= 15 is 0 Å². The Bertz CT molecular complexity index is 6960. The van der Waals surface area contributed by atoms with Crippen LogP contribution in [0.2, 0.25) is 0 Å². The molecular formula is C105H62BN3. The van der Waals surface area contributed by atoms with Crippen LogP contribution in [0, 0.1) is 0 Å². The van der Waals surface area contributed by atoms with E-state index in [1.54, 1.807) is 0 Å². The Labute approximate surface area is 631 Å². The summed E-state index contributed by atoms with van der Waals surface area (Å²) in [5, 5.41) is 2.44. The van der Waals surface area contributed by atoms with Crippen molar-refractivity contribution in [2.75, 3.05) is 9.80 Å². The molecule has 0 bridgehead atoms. The van der Waals surface area contributed by atoms with Gasteiger partial charge < -0.3 is 14.4 Å². The van der Waals surface area contributed by atoms with Gasteiger partial charge in [-0.05, 0) is 210 Å². The van der Waals surface area contributed by atoms with Crippen molar-refractivity contribution >= 4 is 79.0 Å². The molecule has 2 aliphatic heterocycles. The van der Waals surface area contributed by atoms with E-state index in [0.717, 1.165) is 39.5 Å². The van der Waals surface area contributed by atoms with E-state index in [4.69, 9.17) is 0 Å². The zero-order chi connectivity index (χ0) is 70.7. The molecule has 17 aromatic carbocycles. The minimum Gasteiger partial charge on any atom is -0.311 e. The third-order valence-corrected chi connectivity index (χ3v) is 26.6. The fourth-order valence-corrected chi connectivity index (χ4v) is 22.8. The first-order valence-electron chi connectivity index (χ1n) is 38.4. The van der Waals surface area contributed by atoms with Gasteiger partial charge in [0.05, 0.1) is 38.7 Å². The van der Waals surface area contributed by atoms with Gasteiger partial charge in [-0.2, -0.15) is 0 Å². The second-order valence-corrected chi connectivity index (χ2v) is 31.1. The lowest BCUT2D eigenvalue weighted by molar-refractivity contribution is 0.793. The van der Waals surface area contributed by atoms with Crippen LogP contribution in [0.4, 0.5) is 34.1 Å². The topological polar surface area (TPSA) is 11.4 Å². The number of benzene rings is 17. The van der Waals surface area contributed by atoms with E-state index in [-0.39, 0.29) is 6.71 Å². The molecule has 1 aromatic heterocycles. The summed E-state index contributed by atoms with van der Waals surface area (Å²) in [6.07, 6.45) is 0. The molecule has 0 N–H and O–H groups in total. The normalized spacial score (nSPS) is 15.0. The maximum Gasteiger partial charge on any atom is 0.252 e. The van der Waals surface area contributed by atoms with Gasteiger partial charge in [0.15, 0.2) is 0 Å². The van der Waals surface area contributed by atoms with Gasteiger partial charge in [0.25, 0.3) is 6.71 Å². The average molecular weight is 1380 g/mol. The molecule has 4 heteroatoms. The molecule has 6 aliphatic carbocycles. The highest BCUT2D eigenvalue weighted by Gasteiger charge is 2.58. The van der Waals surface area contributed by atoms with E-state index in [1.807, 2.05) is 0 Å². The fraction of sp³-hybridized carbons (Fsp3) is 0.0286. The molecule has 500 valence electrons. The van der Waals surface area contributed by atoms with Crippen LogP contribution in [0.3, 0.4) is 0 Å². The molecule has 26 rings (SSSR count). The van der Waals surface area contributed by atoms with Crippen molar-refractivity contribution in [2.24, 2.45) is 0 Å². The lowest BCUT2D eigenvalue weighted by atomic mass is 9.33. The van der Waals surface area contributed by atoms with E-state index in [9.17, 15) is 0 Å². The second kappa shape index (κ2) is 20.8. The largest absolute Gasteiger partial charge is 0.311 e. The zero-order valence-corrected chi connectivity index (χ0v) is 59.2. The summed E-state index contributed by atoms with van der Waals surface area (Å²) in [7, 11) is 0. The van der Waals surface area contributed by atoms with Gasteiger partial charge in [0.1, 0.15) is 0 Å². The molecule has 8 aliphatic rings. The first kappa shape index (κ1) is 58.5. The summed E-state index contributed by atoms with van der Waals surface area (Å²) in [4.78, 5) is 5.47. The van der Waals surface area contributed by atoms with Gasteiger partial charge in [-0.25, -0.2) is 0 Å². The lowest BCUT2D eigenvalue weighted by Crippen LogP contribution is -2.62. The first-order valence-corrected chi connectivity index (χ1v) is 38.4. The van der Waals surface area contributed by atoms with E-state index in [0.29, 0.717) is 0 Å². The summed E-state index contributed by atoms with van der Waals surface area (Å²) < 4.78 is 2.57. The fourth-order valence-electron chi connectivity index (χ4n) is 22.8. The first-order chi connectivity index (χ1) is 54.1. The molecule has 3 spiro atoms. The van der Waals surface area contributed by atoms with Crippen LogP contribution in [0.15, 0.2) is 376 Å². The third-order valence-electron chi connectivity index (χ3n) is 26.6. The molecular weight excluding hydrogens is 1310 g/mol. The van der Waals surface area contributed by atoms with Crippen molar-refractivity contribution in [1.82, 2.24) is 4.57 Å². The van der Waals surface area contributed by atoms with E-state index in [1.165, 1.54) is 183 Å². The van der Waals surface area contributed by atoms with Crippen molar-refractivity contribution in [3.05, 3.63) is 443 Å². The summed E-state index contributed by atoms with van der Waals surface area (Å²) in [5.41, 5.74) is 45.8. The number of para-hydroxylation sites is 2. The van der Waals surface area contributed by atoms with Crippen LogP contribution in [0.25, 0.3) is 105 Å². The monoisotopic (exact) mass is 1380 g/mol. The Morgan fingerprint density at radius 1 is 0.202 bits per heavy atom. The number of aromatic nitrogens is 1. The molecule has 0 radical (unpaired) electrons. The lowest BCUT2D eigenvalue weighted by Gasteiger charge is -2.46. The molecule has 3 heterocycles. The van der Waals surface area contributed by atoms with E-state index < -0.39 is 16.2 Å². The summed E-state index contributed by atoms with van der Waals surface area (Å²) in [6, 6.07) is 146. The van der Waals surface area contributed by atoms with Crippen molar-refractivity contribution in [2.45, 2.75) is 16.2 Å². The van der Waals surface area contributed by atoms with Crippen molar-refractivity contribution < 1.29 is 0 Å². The molecule has 0 fully saturated rings. The third kappa shape index (κ3) is 6.96. The standard InChI is InChI=1S/C105H62BN3/c1-2-27-63(28-3-1)64-53-55-65(56-54-64)107-97-59-78-73-35-10-21-46-86(73)104(82-42-17-6-31-69(82)70-32-7-18-43-83(70)104)90(78)61-92(97)106-93-62-91-79(74-36-11-22-47-87(74)105(91)84-44-19-8-33-71(84)72-34-9-20-45-85(72)105)60-98(93)109(100-58-66(57-99(107)102(100)106)108-94-50-24-13-37-75(94)76-38-14-25-51-95(76)108)96-52-26-49-89-101(96)77-39-12-23-48-88(77)103(89)80-40-15-4-29-67(80)68-30-5-16-41-81(68)103/h1-62H. The number of anilines is 6. The maximum absolute atomic E-state index is 2.78. The Morgan fingerprint density at radius 3 is 0.972 bits per heavy atom. The minimum absolute atomic E-state index is 0.307. The molecule has 0 saturated carbocycles. The Balaban J connectivity index is 0.852. The van der Waals surface area contributed by atoms with Gasteiger partial charge in [0, 0.05) is 44.8 Å². The van der Waals surface area contributed by atoms with Gasteiger partial charge in [-0.1, -0.05) is 322 Å². The van der Waals surface area contributed by atoms with Crippen molar-refractivity contribution in [1.29, 1.82) is 0 Å². The van der Waals surface area contributed by atoms with Crippen LogP contribution in [0.5, 0.6) is 0 Å². The Kier molecular flexibility index (Phi) is 11.2. The molecule has 3 nitrogen and oxygen atoms in total. The minimum atomic E-state index is -0.629. The highest BCUT2D eigenvalue weighted by molar-refractivity contribution is 7.00. The van der Waals surface area contributed by atoms with Crippen LogP contribution in [0.1, 0.15) is 66.8 Å². The van der Waals surface area contributed by atoms with Gasteiger partial charge in [-0.3, -0.25) is 0 Å². The zero-order valence-electron chi connectivity index (χ0n) is 59.2. The molecule has 109 heavy (non-hydrogen) atoms. The van der Waals surface area contributed by atoms with Crippen molar-refractivity contribution in [3.63, 3.8) is 0 Å². The Morgan fingerprint density at radius 2 is 0.532 bits per heavy atom. The maximum atomic E-state index is 2.78. The van der Waals surface area contributed by atoms with Gasteiger partial charge in [-0.15, -0.1) is 0 Å². The molecule has 0 saturated heterocycles. The smallest absolute Gasteiger partial charge is 0.252 e. The number of nitrogens with zero attached hydrogens (tertiary/aromatic N) is 3. The predicted molar refractivity (Wildman–Crippen MR) is 449 cm³/mol. The van der Waals surface area contributed by atoms with Crippen LogP contribution in [-0.2, 0) is 16.2 Å². The molecule has 0 unspecified atom stereocenters. The Hall–Kier alpha value is -13.8. The highest BCUT2D eigenvalue weighted by atomic mass is 15.2. The number of rotatable bonds is 4. The average Bonchev–Trinajstić information content (AvgIpc) is 1.56. The SMILES string of the molecule is c1ccc(-c2ccc(N3c4cc5c(cc4B4c6cc7c(cc6N(c6cccc8c6-c6ccccc6C86c8ccccc8-c8ccccc86)c6cc(-n8c9ccccc9c9ccccc98)cc3c64)-c3ccccc3C73c4ccccc4-c4ccccc43)C3(c4ccccc4-c4ccccc43)c3ccccc3-5)cc2)cc1. The van der Waals surface area contributed by atoms with Crippen LogP contribution < -0.4 is 26.2 Å². The number of hydrogen-bond donors (Lipinski definition) is 0. The van der Waals surface area contributed by atoms with Gasteiger partial charge >= 0.3 is 0 Å². The predicted octanol–water partition coefficient (Wildman–Crippen LogP) is 23.6. The second-order valence-electron chi connectivity index (χ2n) is 31.1. The van der Waals surface area contributed by atoms with Crippen LogP contribution in [-0.4, -0.2) is 11.3 Å². The summed E-state index contributed by atoms with van der Waals surface area (Å²) >= 11 is 0. The van der Waals surface area contributed by atoms with E-state index in [2.05, 4.69) is 390 Å². The summed E-state index contributed by atoms with van der Waals surface area (Å²) in [5.74, 6) is 0. The molecule has 18 aromatic rings. The number of hydrogen-bond acceptors (Lipinski definition) is 2. The van der Waals surface area contributed by atoms with Crippen molar-refractivity contribution in [3.8, 4) is 83.6 Å². The highest BCUT2D eigenvalue weighted by Crippen LogP contribution is 2.69. The summed E-state index contributed by atoms with van der Waals surface area (Å²) in [6.45, 7) is -0.307. The quantitative estimate of drug-likeness (QED) is 0.163. The number of fused-ring (bicyclic) bond motifs is 37. The van der Waals surface area contributed by atoms with Crippen LogP contribution >= 0.6 is 0 Å². The van der Waals surface area contributed by atoms with Gasteiger partial charge in [0.2, 0.25) is 0 Å². The molecule has 0 atom stereocenters.